The maximum Gasteiger partial charge on any atom is 0.245 e. The van der Waals surface area contributed by atoms with Gasteiger partial charge >= 0.3 is 0 Å². The van der Waals surface area contributed by atoms with E-state index >= 15 is 0 Å². The van der Waals surface area contributed by atoms with E-state index in [-0.39, 0.29) is 29.1 Å². The molecule has 1 rings (SSSR count). The van der Waals surface area contributed by atoms with Crippen LogP contribution in [0.4, 0.5) is 0 Å². The van der Waals surface area contributed by atoms with Gasteiger partial charge in [0, 0.05) is 11.3 Å². The molecule has 1 heterocycles. The molecule has 0 aliphatic carbocycles. The fraction of sp³-hybridized carbons (Fsp3) is 0.867. The number of amides is 2. The summed E-state index contributed by atoms with van der Waals surface area (Å²) in [6.07, 6.45) is 4.81. The topological polar surface area (TPSA) is 49.4 Å². The molecule has 0 aromatic carbocycles. The third-order valence-corrected chi connectivity index (χ3v) is 5.76. The van der Waals surface area contributed by atoms with Crippen LogP contribution in [0, 0.1) is 5.92 Å². The van der Waals surface area contributed by atoms with Crippen molar-refractivity contribution in [2.45, 2.75) is 57.7 Å². The van der Waals surface area contributed by atoms with Crippen molar-refractivity contribution >= 4 is 23.6 Å². The minimum absolute atomic E-state index is 0.0301. The smallest absolute Gasteiger partial charge is 0.245 e. The van der Waals surface area contributed by atoms with Gasteiger partial charge in [-0.15, -0.1) is 0 Å². The van der Waals surface area contributed by atoms with Crippen molar-refractivity contribution in [3.8, 4) is 0 Å². The standard InChI is InChI=1S/C15H28N2O2S/c1-6-15(7-2,20-5)10-17-9-13(18)16-12(14(17)19)8-11(3)4/h11-12H,6-10H2,1-5H3,(H,16,18). The number of rotatable bonds is 7. The maximum absolute atomic E-state index is 12.5. The van der Waals surface area contributed by atoms with Gasteiger partial charge in [-0.2, -0.15) is 11.8 Å². The van der Waals surface area contributed by atoms with E-state index in [0.29, 0.717) is 18.9 Å². The number of carbonyl (C=O) groups excluding carboxylic acids is 2. The Balaban J connectivity index is 2.82. The highest BCUT2D eigenvalue weighted by Crippen LogP contribution is 2.32. The van der Waals surface area contributed by atoms with Gasteiger partial charge < -0.3 is 10.2 Å². The van der Waals surface area contributed by atoms with E-state index < -0.39 is 0 Å². The highest BCUT2D eigenvalue weighted by Gasteiger charge is 2.37. The summed E-state index contributed by atoms with van der Waals surface area (Å²) in [6.45, 7) is 9.32. The fourth-order valence-corrected chi connectivity index (χ4v) is 3.58. The number of nitrogens with zero attached hydrogens (tertiary/aromatic N) is 1. The molecule has 0 bridgehead atoms. The van der Waals surface area contributed by atoms with E-state index in [1.165, 1.54) is 0 Å². The van der Waals surface area contributed by atoms with Crippen LogP contribution in [-0.4, -0.2) is 46.8 Å². The normalized spacial score (nSPS) is 20.5. The summed E-state index contributed by atoms with van der Waals surface area (Å²) in [4.78, 5) is 26.1. The quantitative estimate of drug-likeness (QED) is 0.785. The van der Waals surface area contributed by atoms with E-state index in [4.69, 9.17) is 0 Å². The van der Waals surface area contributed by atoms with Gasteiger partial charge in [-0.25, -0.2) is 0 Å². The first-order chi connectivity index (χ1) is 9.37. The van der Waals surface area contributed by atoms with Gasteiger partial charge in [-0.1, -0.05) is 27.7 Å². The third-order valence-electron chi connectivity index (χ3n) is 4.19. The zero-order valence-corrected chi connectivity index (χ0v) is 14.2. The van der Waals surface area contributed by atoms with Crippen molar-refractivity contribution < 1.29 is 9.59 Å². The van der Waals surface area contributed by atoms with Gasteiger partial charge in [0.05, 0.1) is 6.54 Å². The number of thioether (sulfide) groups is 1. The van der Waals surface area contributed by atoms with Gasteiger partial charge in [0.15, 0.2) is 0 Å². The Bertz CT molecular complexity index is 346. The van der Waals surface area contributed by atoms with Crippen molar-refractivity contribution in [1.29, 1.82) is 0 Å². The molecular weight excluding hydrogens is 272 g/mol. The first-order valence-electron chi connectivity index (χ1n) is 7.50. The lowest BCUT2D eigenvalue weighted by Gasteiger charge is -2.40. The van der Waals surface area contributed by atoms with Crippen molar-refractivity contribution in [1.82, 2.24) is 10.2 Å². The second kappa shape index (κ2) is 7.34. The van der Waals surface area contributed by atoms with Crippen molar-refractivity contribution in [3.05, 3.63) is 0 Å². The molecule has 116 valence electrons. The van der Waals surface area contributed by atoms with Crippen molar-refractivity contribution in [2.75, 3.05) is 19.3 Å². The molecule has 2 amide bonds. The molecular formula is C15H28N2O2S. The molecule has 5 heteroatoms. The summed E-state index contributed by atoms with van der Waals surface area (Å²) < 4.78 is 0.0651. The van der Waals surface area contributed by atoms with Crippen LogP contribution in [0.2, 0.25) is 0 Å². The van der Waals surface area contributed by atoms with Crippen LogP contribution in [-0.2, 0) is 9.59 Å². The Morgan fingerprint density at radius 3 is 2.40 bits per heavy atom. The molecule has 1 atom stereocenters. The van der Waals surface area contributed by atoms with Crippen molar-refractivity contribution in [2.24, 2.45) is 5.92 Å². The summed E-state index contributed by atoms with van der Waals surface area (Å²) in [5, 5.41) is 2.83. The Labute approximate surface area is 127 Å². The summed E-state index contributed by atoms with van der Waals surface area (Å²) in [5.41, 5.74) is 0. The van der Waals surface area contributed by atoms with Crippen LogP contribution in [0.1, 0.15) is 47.0 Å². The maximum atomic E-state index is 12.5. The highest BCUT2D eigenvalue weighted by molar-refractivity contribution is 8.00. The molecule has 0 aromatic rings. The van der Waals surface area contributed by atoms with Gasteiger partial charge in [0.25, 0.3) is 0 Å². The molecule has 1 saturated heterocycles. The molecule has 1 aliphatic rings. The summed E-state index contributed by atoms with van der Waals surface area (Å²) in [6, 6.07) is -0.343. The first-order valence-corrected chi connectivity index (χ1v) is 8.73. The minimum Gasteiger partial charge on any atom is -0.343 e. The second-order valence-corrected chi connectivity index (χ2v) is 7.31. The van der Waals surface area contributed by atoms with E-state index in [2.05, 4.69) is 39.3 Å². The predicted molar refractivity (Wildman–Crippen MR) is 84.8 cm³/mol. The molecule has 1 fully saturated rings. The fourth-order valence-electron chi connectivity index (χ4n) is 2.71. The number of piperazine rings is 1. The van der Waals surface area contributed by atoms with E-state index in [1.54, 1.807) is 16.7 Å². The Kier molecular flexibility index (Phi) is 6.37. The van der Waals surface area contributed by atoms with Crippen LogP contribution >= 0.6 is 11.8 Å². The molecule has 0 saturated carbocycles. The minimum atomic E-state index is -0.343. The Hall–Kier alpha value is -0.710. The highest BCUT2D eigenvalue weighted by atomic mass is 32.2. The lowest BCUT2D eigenvalue weighted by atomic mass is 9.97. The lowest BCUT2D eigenvalue weighted by molar-refractivity contribution is -0.145. The second-order valence-electron chi connectivity index (χ2n) is 6.04. The van der Waals surface area contributed by atoms with E-state index in [1.807, 2.05) is 0 Å². The molecule has 4 nitrogen and oxygen atoms in total. The Morgan fingerprint density at radius 1 is 1.35 bits per heavy atom. The van der Waals surface area contributed by atoms with Gasteiger partial charge in [-0.05, 0) is 31.4 Å². The molecule has 0 radical (unpaired) electrons. The van der Waals surface area contributed by atoms with Crippen LogP contribution in [0.25, 0.3) is 0 Å². The molecule has 1 aliphatic heterocycles. The van der Waals surface area contributed by atoms with Gasteiger partial charge in [-0.3, -0.25) is 9.59 Å². The average Bonchev–Trinajstić information content (AvgIpc) is 2.40. The summed E-state index contributed by atoms with van der Waals surface area (Å²) in [5.74, 6) is 0.447. The predicted octanol–water partition coefficient (Wildman–Crippen LogP) is 2.28. The van der Waals surface area contributed by atoms with Crippen LogP contribution in [0.3, 0.4) is 0 Å². The van der Waals surface area contributed by atoms with Gasteiger partial charge in [0.1, 0.15) is 6.04 Å². The van der Waals surface area contributed by atoms with Crippen molar-refractivity contribution in [3.63, 3.8) is 0 Å². The Morgan fingerprint density at radius 2 is 1.95 bits per heavy atom. The number of hydrogen-bond acceptors (Lipinski definition) is 3. The molecule has 0 spiro atoms. The van der Waals surface area contributed by atoms with Crippen LogP contribution in [0.15, 0.2) is 0 Å². The zero-order valence-electron chi connectivity index (χ0n) is 13.4. The van der Waals surface area contributed by atoms with E-state index in [9.17, 15) is 9.59 Å². The SMILES string of the molecule is CCC(CC)(CN1CC(=O)NC(CC(C)C)C1=O)SC. The van der Waals surface area contributed by atoms with Crippen LogP contribution < -0.4 is 5.32 Å². The van der Waals surface area contributed by atoms with E-state index in [0.717, 1.165) is 12.8 Å². The van der Waals surface area contributed by atoms with Crippen LogP contribution in [0.5, 0.6) is 0 Å². The molecule has 1 N–H and O–H groups in total. The number of hydrogen-bond donors (Lipinski definition) is 1. The number of nitrogens with one attached hydrogen (secondary N) is 1. The largest absolute Gasteiger partial charge is 0.343 e. The summed E-state index contributed by atoms with van der Waals surface area (Å²) in [7, 11) is 0. The summed E-state index contributed by atoms with van der Waals surface area (Å²) >= 11 is 1.80. The zero-order chi connectivity index (χ0) is 15.3. The number of carbonyl (C=O) groups is 2. The molecule has 0 aromatic heterocycles. The van der Waals surface area contributed by atoms with Gasteiger partial charge in [0.2, 0.25) is 11.8 Å². The molecule has 20 heavy (non-hydrogen) atoms. The third kappa shape index (κ3) is 4.14. The lowest BCUT2D eigenvalue weighted by Crippen LogP contribution is -2.60. The monoisotopic (exact) mass is 300 g/mol. The average molecular weight is 300 g/mol. The molecule has 1 unspecified atom stereocenters. The first kappa shape index (κ1) is 17.3.